The zero-order chi connectivity index (χ0) is 32.6. The van der Waals surface area contributed by atoms with Gasteiger partial charge in [-0.05, 0) is 76.1 Å². The molecule has 3 nitrogen and oxygen atoms in total. The Morgan fingerprint density at radius 1 is 0.449 bits per heavy atom. The number of hydrogen-bond acceptors (Lipinski definition) is 4. The van der Waals surface area contributed by atoms with Crippen molar-refractivity contribution in [3.8, 4) is 45.0 Å². The van der Waals surface area contributed by atoms with E-state index in [1.165, 1.54) is 36.9 Å². The van der Waals surface area contributed by atoms with E-state index in [9.17, 15) is 0 Å². The lowest BCUT2D eigenvalue weighted by atomic mass is 9.94. The van der Waals surface area contributed by atoms with Crippen LogP contribution in [0.15, 0.2) is 164 Å². The van der Waals surface area contributed by atoms with Crippen molar-refractivity contribution in [3.63, 3.8) is 0 Å². The van der Waals surface area contributed by atoms with Crippen LogP contribution in [0.3, 0.4) is 0 Å². The topological polar surface area (TPSA) is 38.7 Å². The molecule has 8 aromatic rings. The summed E-state index contributed by atoms with van der Waals surface area (Å²) in [6.07, 6.45) is 6.37. The minimum absolute atomic E-state index is 0.673. The predicted octanol–water partition coefficient (Wildman–Crippen LogP) is 12.2. The van der Waals surface area contributed by atoms with Gasteiger partial charge in [0, 0.05) is 31.3 Å². The molecule has 0 fully saturated rings. The van der Waals surface area contributed by atoms with Gasteiger partial charge < -0.3 is 0 Å². The third-order valence-corrected chi connectivity index (χ3v) is 10.4. The number of benzene rings is 6. The van der Waals surface area contributed by atoms with Gasteiger partial charge in [0.25, 0.3) is 0 Å². The van der Waals surface area contributed by atoms with E-state index in [2.05, 4.69) is 158 Å². The fourth-order valence-corrected chi connectivity index (χ4v) is 7.99. The Labute approximate surface area is 289 Å². The Bertz CT molecular complexity index is 2550. The van der Waals surface area contributed by atoms with E-state index < -0.39 is 0 Å². The van der Waals surface area contributed by atoms with E-state index in [0.717, 1.165) is 52.1 Å². The maximum atomic E-state index is 5.18. The first-order valence-corrected chi connectivity index (χ1v) is 17.5. The molecule has 0 bridgehead atoms. The van der Waals surface area contributed by atoms with E-state index in [4.69, 9.17) is 15.0 Å². The summed E-state index contributed by atoms with van der Waals surface area (Å²) in [6.45, 7) is 0. The molecule has 0 aliphatic heterocycles. The van der Waals surface area contributed by atoms with Crippen LogP contribution in [0.4, 0.5) is 0 Å². The molecule has 0 amide bonds. The van der Waals surface area contributed by atoms with Crippen molar-refractivity contribution >= 4 is 42.7 Å². The van der Waals surface area contributed by atoms with Gasteiger partial charge in [-0.3, -0.25) is 0 Å². The van der Waals surface area contributed by atoms with Crippen LogP contribution < -0.4 is 0 Å². The standard InChI is InChI=1S/C45H31N3S/c1-3-13-30(14-4-1)32-17-9-20-35(27-32)43-46-44(36-21-10-18-33(28-36)31-15-5-2-6-16-31)48-45(47-43)37-22-11-19-34(29-37)38-24-12-25-40-39-23-7-8-26-41(39)49-42(38)40/h1-9,11-20,22-29H,10,21H2. The molecule has 9 rings (SSSR count). The zero-order valence-corrected chi connectivity index (χ0v) is 27.6. The van der Waals surface area contributed by atoms with Crippen LogP contribution in [0.1, 0.15) is 24.2 Å². The fourth-order valence-electron chi connectivity index (χ4n) is 6.76. The third-order valence-electron chi connectivity index (χ3n) is 9.20. The number of fused-ring (bicyclic) bond motifs is 3. The van der Waals surface area contributed by atoms with Crippen LogP contribution in [0.25, 0.3) is 76.3 Å². The van der Waals surface area contributed by atoms with E-state index in [0.29, 0.717) is 11.6 Å². The van der Waals surface area contributed by atoms with E-state index in [1.54, 1.807) is 0 Å². The lowest BCUT2D eigenvalue weighted by molar-refractivity contribution is 0.980. The van der Waals surface area contributed by atoms with Gasteiger partial charge in [-0.2, -0.15) is 0 Å². The number of nitrogens with zero attached hydrogens (tertiary/aromatic N) is 3. The van der Waals surface area contributed by atoms with E-state index >= 15 is 0 Å². The van der Waals surface area contributed by atoms with Gasteiger partial charge in [0.15, 0.2) is 17.5 Å². The van der Waals surface area contributed by atoms with Crippen LogP contribution in [0, 0.1) is 0 Å². The average molecular weight is 646 g/mol. The van der Waals surface area contributed by atoms with Crippen molar-refractivity contribution in [1.29, 1.82) is 0 Å². The summed E-state index contributed by atoms with van der Waals surface area (Å²) in [4.78, 5) is 15.5. The number of rotatable bonds is 6. The summed E-state index contributed by atoms with van der Waals surface area (Å²) in [5, 5.41) is 2.59. The van der Waals surface area contributed by atoms with Crippen molar-refractivity contribution in [2.75, 3.05) is 0 Å². The molecular formula is C45H31N3S. The molecule has 1 aliphatic rings. The minimum Gasteiger partial charge on any atom is -0.209 e. The summed E-state index contributed by atoms with van der Waals surface area (Å²) < 4.78 is 2.60. The molecule has 1 aliphatic carbocycles. The molecule has 4 heteroatoms. The monoisotopic (exact) mass is 645 g/mol. The van der Waals surface area contributed by atoms with Crippen molar-refractivity contribution in [2.24, 2.45) is 0 Å². The molecule has 0 spiro atoms. The van der Waals surface area contributed by atoms with Crippen molar-refractivity contribution in [3.05, 3.63) is 175 Å². The molecular weight excluding hydrogens is 615 g/mol. The van der Waals surface area contributed by atoms with Crippen molar-refractivity contribution in [2.45, 2.75) is 12.8 Å². The molecule has 6 aromatic carbocycles. The first kappa shape index (κ1) is 29.2. The van der Waals surface area contributed by atoms with Gasteiger partial charge in [0.05, 0.1) is 0 Å². The molecule has 232 valence electrons. The van der Waals surface area contributed by atoms with E-state index in [-0.39, 0.29) is 0 Å². The Hall–Kier alpha value is -5.97. The molecule has 0 N–H and O–H groups in total. The summed E-state index contributed by atoms with van der Waals surface area (Å²) in [5.74, 6) is 2.07. The highest BCUT2D eigenvalue weighted by molar-refractivity contribution is 7.26. The van der Waals surface area contributed by atoms with Crippen molar-refractivity contribution < 1.29 is 0 Å². The molecule has 0 unspecified atom stereocenters. The largest absolute Gasteiger partial charge is 0.209 e. The average Bonchev–Trinajstić information content (AvgIpc) is 3.58. The SMILES string of the molecule is C1=C(c2ccccc2)C=C(c2nc(-c3cccc(-c4ccccc4)c3)nc(-c3cccc(-c4cccc5c4sc4ccccc45)c3)n2)CC1. The van der Waals surface area contributed by atoms with Crippen LogP contribution in [-0.4, -0.2) is 15.0 Å². The lowest BCUT2D eigenvalue weighted by Crippen LogP contribution is -2.04. The second kappa shape index (κ2) is 12.6. The lowest BCUT2D eigenvalue weighted by Gasteiger charge is -2.15. The predicted molar refractivity (Wildman–Crippen MR) is 206 cm³/mol. The summed E-state index contributed by atoms with van der Waals surface area (Å²) in [7, 11) is 0. The Morgan fingerprint density at radius 3 is 1.80 bits per heavy atom. The second-order valence-electron chi connectivity index (χ2n) is 12.3. The van der Waals surface area contributed by atoms with Gasteiger partial charge in [-0.1, -0.05) is 140 Å². The van der Waals surface area contributed by atoms with Gasteiger partial charge in [0.2, 0.25) is 0 Å². The van der Waals surface area contributed by atoms with Crippen LogP contribution in [0.2, 0.25) is 0 Å². The molecule has 49 heavy (non-hydrogen) atoms. The normalized spacial score (nSPS) is 13.0. The number of aromatic nitrogens is 3. The Balaban J connectivity index is 1.19. The fraction of sp³-hybridized carbons (Fsp3) is 0.0444. The Kier molecular flexibility index (Phi) is 7.49. The maximum absolute atomic E-state index is 5.18. The molecule has 0 saturated heterocycles. The van der Waals surface area contributed by atoms with Crippen LogP contribution >= 0.6 is 11.3 Å². The Morgan fingerprint density at radius 2 is 1.02 bits per heavy atom. The maximum Gasteiger partial charge on any atom is 0.164 e. The second-order valence-corrected chi connectivity index (χ2v) is 13.4. The molecule has 0 radical (unpaired) electrons. The van der Waals surface area contributed by atoms with Crippen LogP contribution in [-0.2, 0) is 0 Å². The van der Waals surface area contributed by atoms with Gasteiger partial charge >= 0.3 is 0 Å². The number of hydrogen-bond donors (Lipinski definition) is 0. The first-order chi connectivity index (χ1) is 24.3. The molecule has 0 atom stereocenters. The smallest absolute Gasteiger partial charge is 0.164 e. The van der Waals surface area contributed by atoms with Crippen LogP contribution in [0.5, 0.6) is 0 Å². The summed E-state index contributed by atoms with van der Waals surface area (Å²) in [5.41, 5.74) is 10.1. The highest BCUT2D eigenvalue weighted by Crippen LogP contribution is 2.40. The number of thiophene rings is 1. The van der Waals surface area contributed by atoms with Gasteiger partial charge in [0.1, 0.15) is 0 Å². The first-order valence-electron chi connectivity index (χ1n) is 16.7. The molecule has 2 aromatic heterocycles. The summed E-state index contributed by atoms with van der Waals surface area (Å²) >= 11 is 1.85. The van der Waals surface area contributed by atoms with Gasteiger partial charge in [-0.25, -0.2) is 15.0 Å². The molecule has 2 heterocycles. The highest BCUT2D eigenvalue weighted by atomic mass is 32.1. The third kappa shape index (κ3) is 5.67. The van der Waals surface area contributed by atoms with Crippen molar-refractivity contribution in [1.82, 2.24) is 15.0 Å². The highest BCUT2D eigenvalue weighted by Gasteiger charge is 2.18. The van der Waals surface area contributed by atoms with E-state index in [1.807, 2.05) is 17.4 Å². The quantitative estimate of drug-likeness (QED) is 0.181. The minimum atomic E-state index is 0.673. The zero-order valence-electron chi connectivity index (χ0n) is 26.8. The number of allylic oxidation sites excluding steroid dienone is 4. The van der Waals surface area contributed by atoms with Gasteiger partial charge in [-0.15, -0.1) is 11.3 Å². The summed E-state index contributed by atoms with van der Waals surface area (Å²) in [6, 6.07) is 53.4. The molecule has 0 saturated carbocycles.